The Hall–Kier alpha value is -7.30. The largest absolute Gasteiger partial charge is 0.456 e. The maximum atomic E-state index is 6.72. The molecule has 296 valence electrons. The molecule has 0 unspecified atom stereocenters. The number of nitrogens with zero attached hydrogens (tertiary/aromatic N) is 2. The fourth-order valence-electron chi connectivity index (χ4n) is 9.75. The standard InChI is InChI=1S/C57H46N2O2/c1-33-16-22-50(37(5)24-33)58(48-14-10-8-12-35(48)3)44-20-18-40-28-46-52(30-42(40)26-44)60-54-32-55-57(39(7)56(46)54)47-29-41-19-21-45(27-43(41)31-53(47)61-55)59(49-15-11-9-13-36(49)4)51-23-17-34(2)25-38(51)6/h8-32H,1-7H3. The van der Waals surface area contributed by atoms with Crippen molar-refractivity contribution in [2.45, 2.75) is 48.5 Å². The van der Waals surface area contributed by atoms with E-state index in [4.69, 9.17) is 8.83 Å². The summed E-state index contributed by atoms with van der Waals surface area (Å²) in [5, 5.41) is 9.08. The predicted molar refractivity (Wildman–Crippen MR) is 259 cm³/mol. The van der Waals surface area contributed by atoms with Crippen molar-refractivity contribution in [2.75, 3.05) is 9.80 Å². The molecule has 0 radical (unpaired) electrons. The summed E-state index contributed by atoms with van der Waals surface area (Å²) in [6, 6.07) is 55.2. The molecule has 4 heteroatoms. The Labute approximate surface area is 355 Å². The highest BCUT2D eigenvalue weighted by molar-refractivity contribution is 6.21. The lowest BCUT2D eigenvalue weighted by molar-refractivity contribution is 0.656. The number of rotatable bonds is 6. The fourth-order valence-corrected chi connectivity index (χ4v) is 9.75. The van der Waals surface area contributed by atoms with Gasteiger partial charge in [0.05, 0.1) is 0 Å². The summed E-state index contributed by atoms with van der Waals surface area (Å²) in [4.78, 5) is 4.76. The Balaban J connectivity index is 1.03. The summed E-state index contributed by atoms with van der Waals surface area (Å²) in [6.45, 7) is 15.3. The second-order valence-corrected chi connectivity index (χ2v) is 17.0. The van der Waals surface area contributed by atoms with Gasteiger partial charge in [0.15, 0.2) is 0 Å². The van der Waals surface area contributed by atoms with Crippen molar-refractivity contribution in [2.24, 2.45) is 0 Å². The van der Waals surface area contributed by atoms with E-state index in [0.29, 0.717) is 0 Å². The zero-order chi connectivity index (χ0) is 41.7. The highest BCUT2D eigenvalue weighted by Gasteiger charge is 2.22. The SMILES string of the molecule is Cc1ccc(N(c2ccc3cc4c(cc3c2)oc2cc3oc5cc6cc(N(c7ccccc7C)c7ccc(C)cc7C)ccc6cc5c3c(C)c24)c2ccccc2C)c(C)c1. The molecule has 0 bridgehead atoms. The minimum Gasteiger partial charge on any atom is -0.456 e. The molecule has 0 saturated carbocycles. The van der Waals surface area contributed by atoms with E-state index >= 15 is 0 Å². The monoisotopic (exact) mass is 790 g/mol. The lowest BCUT2D eigenvalue weighted by Gasteiger charge is -2.29. The van der Waals surface area contributed by atoms with Crippen LogP contribution in [0, 0.1) is 48.5 Å². The molecule has 2 heterocycles. The molecular formula is C57H46N2O2. The molecule has 0 spiro atoms. The van der Waals surface area contributed by atoms with Crippen LogP contribution in [0.15, 0.2) is 160 Å². The lowest BCUT2D eigenvalue weighted by Crippen LogP contribution is -2.12. The minimum absolute atomic E-state index is 0.834. The molecule has 61 heavy (non-hydrogen) atoms. The molecule has 9 aromatic carbocycles. The van der Waals surface area contributed by atoms with Crippen molar-refractivity contribution in [3.8, 4) is 0 Å². The third kappa shape index (κ3) is 5.96. The zero-order valence-electron chi connectivity index (χ0n) is 35.6. The van der Waals surface area contributed by atoms with Crippen molar-refractivity contribution in [1.82, 2.24) is 0 Å². The van der Waals surface area contributed by atoms with Crippen LogP contribution in [-0.4, -0.2) is 0 Å². The summed E-state index contributed by atoms with van der Waals surface area (Å²) in [5.74, 6) is 0. The van der Waals surface area contributed by atoms with Gasteiger partial charge in [0.25, 0.3) is 0 Å². The van der Waals surface area contributed by atoms with Crippen molar-refractivity contribution in [3.63, 3.8) is 0 Å². The highest BCUT2D eigenvalue weighted by Crippen LogP contribution is 2.45. The molecule has 11 rings (SSSR count). The highest BCUT2D eigenvalue weighted by atomic mass is 16.3. The van der Waals surface area contributed by atoms with Crippen LogP contribution in [0.3, 0.4) is 0 Å². The quantitative estimate of drug-likeness (QED) is 0.168. The topological polar surface area (TPSA) is 32.8 Å². The predicted octanol–water partition coefficient (Wildman–Crippen LogP) is 16.9. The van der Waals surface area contributed by atoms with Gasteiger partial charge in [0.1, 0.15) is 22.3 Å². The molecule has 0 aliphatic heterocycles. The van der Waals surface area contributed by atoms with Crippen molar-refractivity contribution >= 4 is 99.5 Å². The normalized spacial score (nSPS) is 11.9. The van der Waals surface area contributed by atoms with E-state index in [0.717, 1.165) is 71.6 Å². The second kappa shape index (κ2) is 13.9. The molecule has 0 aliphatic carbocycles. The van der Waals surface area contributed by atoms with Gasteiger partial charge in [0.2, 0.25) is 0 Å². The van der Waals surface area contributed by atoms with Crippen LogP contribution in [0.25, 0.3) is 65.4 Å². The first-order valence-electron chi connectivity index (χ1n) is 21.2. The number of furan rings is 2. The fraction of sp³-hybridized carbons (Fsp3) is 0.123. The molecule has 11 aromatic rings. The van der Waals surface area contributed by atoms with Gasteiger partial charge in [0, 0.05) is 61.7 Å². The van der Waals surface area contributed by atoms with E-state index in [1.807, 2.05) is 0 Å². The van der Waals surface area contributed by atoms with Gasteiger partial charge >= 0.3 is 0 Å². The van der Waals surface area contributed by atoms with Crippen LogP contribution >= 0.6 is 0 Å². The summed E-state index contributed by atoms with van der Waals surface area (Å²) < 4.78 is 13.4. The van der Waals surface area contributed by atoms with Crippen molar-refractivity contribution < 1.29 is 8.83 Å². The van der Waals surface area contributed by atoms with E-state index in [1.54, 1.807) is 0 Å². The van der Waals surface area contributed by atoms with Crippen LogP contribution in [0.1, 0.15) is 38.9 Å². The van der Waals surface area contributed by atoms with Gasteiger partial charge in [-0.15, -0.1) is 0 Å². The van der Waals surface area contributed by atoms with E-state index in [9.17, 15) is 0 Å². The van der Waals surface area contributed by atoms with E-state index in [-0.39, 0.29) is 0 Å². The number of aryl methyl sites for hydroxylation is 7. The van der Waals surface area contributed by atoms with Crippen LogP contribution in [-0.2, 0) is 0 Å². The first-order valence-corrected chi connectivity index (χ1v) is 21.2. The molecule has 4 nitrogen and oxygen atoms in total. The number of hydrogen-bond donors (Lipinski definition) is 0. The van der Waals surface area contributed by atoms with E-state index in [1.165, 1.54) is 66.9 Å². The number of anilines is 6. The minimum atomic E-state index is 0.834. The third-order valence-corrected chi connectivity index (χ3v) is 12.7. The maximum absolute atomic E-state index is 6.72. The Kier molecular flexibility index (Phi) is 8.37. The van der Waals surface area contributed by atoms with Gasteiger partial charge in [-0.2, -0.15) is 0 Å². The number of para-hydroxylation sites is 2. The first kappa shape index (κ1) is 36.8. The first-order chi connectivity index (χ1) is 29.6. The molecule has 0 N–H and O–H groups in total. The van der Waals surface area contributed by atoms with Gasteiger partial charge < -0.3 is 18.6 Å². The summed E-state index contributed by atoms with van der Waals surface area (Å²) in [7, 11) is 0. The van der Waals surface area contributed by atoms with Crippen molar-refractivity contribution in [3.05, 3.63) is 191 Å². The van der Waals surface area contributed by atoms with Crippen LogP contribution in [0.5, 0.6) is 0 Å². The third-order valence-electron chi connectivity index (χ3n) is 12.7. The number of fused-ring (bicyclic) bond motifs is 8. The molecule has 0 aliphatic rings. The van der Waals surface area contributed by atoms with E-state index in [2.05, 4.69) is 210 Å². The molecule has 0 atom stereocenters. The van der Waals surface area contributed by atoms with Crippen molar-refractivity contribution in [1.29, 1.82) is 0 Å². The summed E-state index contributed by atoms with van der Waals surface area (Å²) in [5.41, 5.74) is 18.9. The lowest BCUT2D eigenvalue weighted by atomic mass is 9.98. The average molecular weight is 791 g/mol. The smallest absolute Gasteiger partial charge is 0.139 e. The van der Waals surface area contributed by atoms with Crippen LogP contribution < -0.4 is 9.80 Å². The zero-order valence-corrected chi connectivity index (χ0v) is 35.6. The molecule has 0 saturated heterocycles. The Morgan fingerprint density at radius 1 is 0.328 bits per heavy atom. The van der Waals surface area contributed by atoms with E-state index < -0.39 is 0 Å². The van der Waals surface area contributed by atoms with Crippen LogP contribution in [0.2, 0.25) is 0 Å². The summed E-state index contributed by atoms with van der Waals surface area (Å²) >= 11 is 0. The second-order valence-electron chi connectivity index (χ2n) is 17.0. The average Bonchev–Trinajstić information content (AvgIpc) is 3.79. The van der Waals surface area contributed by atoms with Gasteiger partial charge in [-0.1, -0.05) is 83.9 Å². The van der Waals surface area contributed by atoms with Crippen LogP contribution in [0.4, 0.5) is 34.1 Å². The molecular weight excluding hydrogens is 745 g/mol. The Morgan fingerprint density at radius 3 is 1.18 bits per heavy atom. The Morgan fingerprint density at radius 2 is 0.754 bits per heavy atom. The molecule has 0 fully saturated rings. The van der Waals surface area contributed by atoms with Gasteiger partial charge in [-0.3, -0.25) is 0 Å². The number of benzene rings is 9. The summed E-state index contributed by atoms with van der Waals surface area (Å²) in [6.07, 6.45) is 0. The maximum Gasteiger partial charge on any atom is 0.139 e. The Bertz CT molecular complexity index is 3350. The molecule has 2 aromatic heterocycles. The molecule has 0 amide bonds. The van der Waals surface area contributed by atoms with Gasteiger partial charge in [-0.05, 0) is 171 Å². The van der Waals surface area contributed by atoms with Gasteiger partial charge in [-0.25, -0.2) is 0 Å². The number of hydrogen-bond acceptors (Lipinski definition) is 4.